The van der Waals surface area contributed by atoms with E-state index in [2.05, 4.69) is 5.32 Å². The third kappa shape index (κ3) is 4.17. The number of amides is 1. The van der Waals surface area contributed by atoms with E-state index in [1.165, 1.54) is 43.2 Å². The van der Waals surface area contributed by atoms with E-state index in [4.69, 9.17) is 12.2 Å². The maximum Gasteiger partial charge on any atom is 0.270 e. The Balaban J connectivity index is 1.92. The zero-order valence-corrected chi connectivity index (χ0v) is 15.3. The van der Waals surface area contributed by atoms with Crippen LogP contribution in [0.25, 0.3) is 6.08 Å². The Morgan fingerprint density at radius 3 is 2.71 bits per heavy atom. The second-order valence-corrected chi connectivity index (χ2v) is 8.77. The molecule has 2 aliphatic rings. The number of rotatable bonds is 4. The van der Waals surface area contributed by atoms with E-state index in [1.807, 2.05) is 0 Å². The minimum atomic E-state index is -0.413. The van der Waals surface area contributed by atoms with Crippen molar-refractivity contribution in [2.45, 2.75) is 42.2 Å². The summed E-state index contributed by atoms with van der Waals surface area (Å²) in [4.78, 5) is 24.0. The summed E-state index contributed by atoms with van der Waals surface area (Å²) in [6.07, 6.45) is 7.77. The van der Waals surface area contributed by atoms with Crippen molar-refractivity contribution in [2.75, 3.05) is 0 Å². The van der Waals surface area contributed by atoms with Crippen LogP contribution < -0.4 is 5.32 Å². The second-order valence-electron chi connectivity index (χ2n) is 5.71. The largest absolute Gasteiger partial charge is 0.307 e. The molecule has 1 N–H and O–H groups in total. The smallest absolute Gasteiger partial charge is 0.270 e. The van der Waals surface area contributed by atoms with Gasteiger partial charge in [0.15, 0.2) is 0 Å². The van der Waals surface area contributed by atoms with Crippen molar-refractivity contribution in [3.63, 3.8) is 0 Å². The van der Waals surface area contributed by atoms with Gasteiger partial charge in [-0.3, -0.25) is 14.9 Å². The number of nitro benzene ring substituents is 1. The SMILES string of the molecule is O=C1NC(=S)S/C1=C\c1cc([N+](=O)[O-])ccc1SC1CCCCC1. The average molecular weight is 381 g/mol. The van der Waals surface area contributed by atoms with Gasteiger partial charge in [-0.05, 0) is 30.5 Å². The standard InChI is InChI=1S/C16H16N2O3S3/c19-15-14(24-16(22)17-15)9-10-8-11(18(20)21)6-7-13(10)23-12-4-2-1-3-5-12/h6-9,12H,1-5H2,(H,17,19,22)/b14-9-. The molecule has 0 bridgehead atoms. The summed E-state index contributed by atoms with van der Waals surface area (Å²) in [5.41, 5.74) is 0.739. The van der Waals surface area contributed by atoms with Crippen molar-refractivity contribution in [3.8, 4) is 0 Å². The molecule has 0 radical (unpaired) electrons. The highest BCUT2D eigenvalue weighted by molar-refractivity contribution is 8.26. The summed E-state index contributed by atoms with van der Waals surface area (Å²) >= 11 is 7.94. The minimum Gasteiger partial charge on any atom is -0.307 e. The van der Waals surface area contributed by atoms with Gasteiger partial charge < -0.3 is 5.32 Å². The fourth-order valence-electron chi connectivity index (χ4n) is 2.79. The molecule has 126 valence electrons. The number of benzene rings is 1. The van der Waals surface area contributed by atoms with Crippen LogP contribution in [0.4, 0.5) is 5.69 Å². The summed E-state index contributed by atoms with van der Waals surface area (Å²) < 4.78 is 0.415. The molecule has 1 aromatic rings. The zero-order valence-electron chi connectivity index (χ0n) is 12.8. The summed E-state index contributed by atoms with van der Waals surface area (Å²) in [5, 5.41) is 14.2. The first kappa shape index (κ1) is 17.4. The third-order valence-electron chi connectivity index (χ3n) is 3.98. The van der Waals surface area contributed by atoms with Crippen LogP contribution in [0.5, 0.6) is 0 Å². The van der Waals surface area contributed by atoms with Gasteiger partial charge in [0.1, 0.15) is 4.32 Å². The summed E-state index contributed by atoms with van der Waals surface area (Å²) in [7, 11) is 0. The fourth-order valence-corrected chi connectivity index (χ4v) is 5.16. The van der Waals surface area contributed by atoms with E-state index in [0.717, 1.165) is 17.7 Å². The highest BCUT2D eigenvalue weighted by atomic mass is 32.2. The van der Waals surface area contributed by atoms with Crippen LogP contribution in [-0.2, 0) is 4.79 Å². The van der Waals surface area contributed by atoms with Crippen molar-refractivity contribution < 1.29 is 9.72 Å². The molecule has 8 heteroatoms. The van der Waals surface area contributed by atoms with Gasteiger partial charge in [-0.1, -0.05) is 43.2 Å². The predicted octanol–water partition coefficient (Wildman–Crippen LogP) is 4.51. The number of carbonyl (C=O) groups excluding carboxylic acids is 1. The monoisotopic (exact) mass is 380 g/mol. The molecule has 1 aliphatic carbocycles. The third-order valence-corrected chi connectivity index (χ3v) is 6.57. The molecule has 1 heterocycles. The van der Waals surface area contributed by atoms with Crippen molar-refractivity contribution in [3.05, 3.63) is 38.8 Å². The first-order valence-electron chi connectivity index (χ1n) is 7.73. The van der Waals surface area contributed by atoms with Crippen LogP contribution in [-0.4, -0.2) is 20.4 Å². The van der Waals surface area contributed by atoms with Gasteiger partial charge in [-0.25, -0.2) is 0 Å². The molecule has 0 unspecified atom stereocenters. The van der Waals surface area contributed by atoms with Gasteiger partial charge >= 0.3 is 0 Å². The van der Waals surface area contributed by atoms with E-state index in [1.54, 1.807) is 23.9 Å². The molecule has 1 saturated heterocycles. The molecular weight excluding hydrogens is 364 g/mol. The Kier molecular flexibility index (Phi) is 5.57. The van der Waals surface area contributed by atoms with Crippen LogP contribution in [0.15, 0.2) is 28.0 Å². The Hall–Kier alpha value is -1.38. The van der Waals surface area contributed by atoms with Gasteiger partial charge in [0.2, 0.25) is 0 Å². The van der Waals surface area contributed by atoms with E-state index in [9.17, 15) is 14.9 Å². The quantitative estimate of drug-likeness (QED) is 0.359. The summed E-state index contributed by atoms with van der Waals surface area (Å²) in [5.74, 6) is -0.245. The highest BCUT2D eigenvalue weighted by Crippen LogP contribution is 2.38. The van der Waals surface area contributed by atoms with E-state index in [-0.39, 0.29) is 11.6 Å². The minimum absolute atomic E-state index is 0.0285. The Labute approximate surface area is 153 Å². The number of nitro groups is 1. The predicted molar refractivity (Wildman–Crippen MR) is 102 cm³/mol. The van der Waals surface area contributed by atoms with E-state index < -0.39 is 4.92 Å². The number of carbonyl (C=O) groups is 1. The highest BCUT2D eigenvalue weighted by Gasteiger charge is 2.24. The molecular formula is C16H16N2O3S3. The van der Waals surface area contributed by atoms with E-state index in [0.29, 0.717) is 20.0 Å². The zero-order chi connectivity index (χ0) is 17.1. The number of nitrogens with one attached hydrogen (secondary N) is 1. The van der Waals surface area contributed by atoms with Gasteiger partial charge in [-0.2, -0.15) is 0 Å². The van der Waals surface area contributed by atoms with Crippen LogP contribution in [0.3, 0.4) is 0 Å². The van der Waals surface area contributed by atoms with Crippen LogP contribution in [0.2, 0.25) is 0 Å². The Bertz CT molecular complexity index is 727. The molecule has 24 heavy (non-hydrogen) atoms. The lowest BCUT2D eigenvalue weighted by Gasteiger charge is -2.21. The molecule has 0 aromatic heterocycles. The lowest BCUT2D eigenvalue weighted by Crippen LogP contribution is -2.17. The molecule has 1 saturated carbocycles. The number of nitrogens with zero attached hydrogens (tertiary/aromatic N) is 1. The maximum absolute atomic E-state index is 11.9. The second kappa shape index (κ2) is 7.67. The average Bonchev–Trinajstić information content (AvgIpc) is 2.87. The van der Waals surface area contributed by atoms with Crippen molar-refractivity contribution in [1.29, 1.82) is 0 Å². The Morgan fingerprint density at radius 1 is 1.33 bits per heavy atom. The van der Waals surface area contributed by atoms with Crippen molar-refractivity contribution in [1.82, 2.24) is 5.32 Å². The molecule has 2 fully saturated rings. The molecule has 1 aromatic carbocycles. The molecule has 5 nitrogen and oxygen atoms in total. The number of non-ortho nitro benzene ring substituents is 1. The Morgan fingerprint density at radius 2 is 2.08 bits per heavy atom. The summed E-state index contributed by atoms with van der Waals surface area (Å²) in [6.45, 7) is 0. The summed E-state index contributed by atoms with van der Waals surface area (Å²) in [6, 6.07) is 4.85. The first-order valence-corrected chi connectivity index (χ1v) is 9.83. The van der Waals surface area contributed by atoms with Crippen molar-refractivity contribution in [2.24, 2.45) is 0 Å². The number of thiocarbonyl (C=S) groups is 1. The van der Waals surface area contributed by atoms with Crippen molar-refractivity contribution >= 4 is 57.7 Å². The van der Waals surface area contributed by atoms with Gasteiger partial charge in [0.05, 0.1) is 9.83 Å². The van der Waals surface area contributed by atoms with Crippen LogP contribution >= 0.6 is 35.7 Å². The number of hydrogen-bond acceptors (Lipinski definition) is 6. The normalized spacial score (nSPS) is 20.4. The number of hydrogen-bond donors (Lipinski definition) is 1. The molecule has 3 rings (SSSR count). The van der Waals surface area contributed by atoms with Gasteiger partial charge in [0.25, 0.3) is 11.6 Å². The van der Waals surface area contributed by atoms with Crippen LogP contribution in [0.1, 0.15) is 37.7 Å². The van der Waals surface area contributed by atoms with Gasteiger partial charge in [-0.15, -0.1) is 11.8 Å². The van der Waals surface area contributed by atoms with Crippen LogP contribution in [0, 0.1) is 10.1 Å². The molecule has 1 aliphatic heterocycles. The molecule has 1 amide bonds. The first-order chi connectivity index (χ1) is 11.5. The molecule has 0 spiro atoms. The van der Waals surface area contributed by atoms with E-state index >= 15 is 0 Å². The maximum atomic E-state index is 11.9. The van der Waals surface area contributed by atoms with Gasteiger partial charge in [0, 0.05) is 22.3 Å². The number of thioether (sulfide) groups is 2. The fraction of sp³-hybridized carbons (Fsp3) is 0.375. The molecule has 0 atom stereocenters. The lowest BCUT2D eigenvalue weighted by molar-refractivity contribution is -0.384. The topological polar surface area (TPSA) is 72.2 Å². The lowest BCUT2D eigenvalue weighted by atomic mass is 10.0.